The summed E-state index contributed by atoms with van der Waals surface area (Å²) in [6, 6.07) is 16.6. The summed E-state index contributed by atoms with van der Waals surface area (Å²) >= 11 is 7.90. The second-order valence-electron chi connectivity index (χ2n) is 5.55. The second kappa shape index (κ2) is 5.89. The van der Waals surface area contributed by atoms with Crippen molar-refractivity contribution in [1.29, 1.82) is 0 Å². The van der Waals surface area contributed by atoms with Gasteiger partial charge in [-0.1, -0.05) is 54.1 Å². The van der Waals surface area contributed by atoms with Crippen LogP contribution in [0.4, 0.5) is 5.00 Å². The zero-order chi connectivity index (χ0) is 16.7. The number of benzene rings is 2. The van der Waals surface area contributed by atoms with Crippen molar-refractivity contribution in [3.8, 4) is 16.9 Å². The zero-order valence-corrected chi connectivity index (χ0v) is 14.2. The lowest BCUT2D eigenvalue weighted by atomic mass is 9.95. The van der Waals surface area contributed by atoms with Gasteiger partial charge < -0.3 is 15.5 Å². The number of aromatic hydroxyl groups is 1. The Bertz CT molecular complexity index is 930. The fourth-order valence-corrected chi connectivity index (χ4v) is 4.30. The van der Waals surface area contributed by atoms with E-state index in [9.17, 15) is 10.2 Å². The summed E-state index contributed by atoms with van der Waals surface area (Å²) in [5.74, 6) is 0.434. The minimum absolute atomic E-state index is 0.201. The van der Waals surface area contributed by atoms with E-state index in [4.69, 9.17) is 11.6 Å². The van der Waals surface area contributed by atoms with Gasteiger partial charge in [0, 0.05) is 17.7 Å². The minimum Gasteiger partial charge on any atom is -0.508 e. The Kier molecular flexibility index (Phi) is 3.71. The zero-order valence-electron chi connectivity index (χ0n) is 12.6. The number of phenols is 1. The maximum absolute atomic E-state index is 10.9. The van der Waals surface area contributed by atoms with Gasteiger partial charge in [-0.05, 0) is 23.3 Å². The molecule has 4 rings (SSSR count). The number of anilines is 1. The van der Waals surface area contributed by atoms with Gasteiger partial charge in [0.25, 0.3) is 0 Å². The van der Waals surface area contributed by atoms with Crippen LogP contribution >= 0.6 is 22.9 Å². The topological polar surface area (TPSA) is 52.5 Å². The average molecular weight is 356 g/mol. The third kappa shape index (κ3) is 2.44. The van der Waals surface area contributed by atoms with Crippen molar-refractivity contribution in [3.63, 3.8) is 0 Å². The molecule has 3 nitrogen and oxygen atoms in total. The van der Waals surface area contributed by atoms with Crippen molar-refractivity contribution in [1.82, 2.24) is 0 Å². The number of rotatable bonds is 2. The van der Waals surface area contributed by atoms with Gasteiger partial charge in [0.1, 0.15) is 20.8 Å². The Labute approximate surface area is 148 Å². The van der Waals surface area contributed by atoms with Crippen molar-refractivity contribution in [2.45, 2.75) is 0 Å². The highest BCUT2D eigenvalue weighted by Gasteiger charge is 2.27. The Hall–Kier alpha value is -2.43. The monoisotopic (exact) mass is 355 g/mol. The minimum atomic E-state index is 0.201. The van der Waals surface area contributed by atoms with Gasteiger partial charge in [0.15, 0.2) is 0 Å². The molecule has 0 atom stereocenters. The summed E-state index contributed by atoms with van der Waals surface area (Å²) in [7, 11) is 0. The van der Waals surface area contributed by atoms with Crippen LogP contribution < -0.4 is 5.32 Å². The molecule has 0 bridgehead atoms. The van der Waals surface area contributed by atoms with E-state index in [0.717, 1.165) is 32.8 Å². The van der Waals surface area contributed by atoms with Gasteiger partial charge in [-0.2, -0.15) is 0 Å². The summed E-state index contributed by atoms with van der Waals surface area (Å²) in [5.41, 5.74) is 4.21. The van der Waals surface area contributed by atoms with Crippen LogP contribution in [-0.2, 0) is 0 Å². The third-order valence-electron chi connectivity index (χ3n) is 4.09. The van der Waals surface area contributed by atoms with Crippen LogP contribution in [0.3, 0.4) is 0 Å². The number of aliphatic hydroxyl groups excluding tert-OH is 1. The molecule has 0 aliphatic carbocycles. The predicted octanol–water partition coefficient (Wildman–Crippen LogP) is 5.63. The number of thiophene rings is 1. The molecule has 2 aromatic carbocycles. The normalized spacial score (nSPS) is 13.5. The van der Waals surface area contributed by atoms with Crippen LogP contribution in [0.2, 0.25) is 4.34 Å². The summed E-state index contributed by atoms with van der Waals surface area (Å²) in [5, 5.41) is 24.6. The van der Waals surface area contributed by atoms with Gasteiger partial charge in [-0.25, -0.2) is 0 Å². The van der Waals surface area contributed by atoms with Gasteiger partial charge in [0.2, 0.25) is 0 Å². The van der Waals surface area contributed by atoms with Gasteiger partial charge in [-0.3, -0.25) is 0 Å². The second-order valence-corrected chi connectivity index (χ2v) is 7.17. The van der Waals surface area contributed by atoms with Crippen molar-refractivity contribution in [2.75, 3.05) is 11.9 Å². The molecule has 1 aromatic heterocycles. The Morgan fingerprint density at radius 3 is 2.29 bits per heavy atom. The molecule has 0 unspecified atom stereocenters. The number of hydrogen-bond acceptors (Lipinski definition) is 4. The Morgan fingerprint density at radius 1 is 0.875 bits per heavy atom. The van der Waals surface area contributed by atoms with Crippen molar-refractivity contribution >= 4 is 39.3 Å². The highest BCUT2D eigenvalue weighted by Crippen LogP contribution is 2.49. The van der Waals surface area contributed by atoms with E-state index in [-0.39, 0.29) is 11.5 Å². The van der Waals surface area contributed by atoms with E-state index in [1.54, 1.807) is 24.3 Å². The fourth-order valence-electron chi connectivity index (χ4n) is 2.92. The van der Waals surface area contributed by atoms with E-state index in [2.05, 4.69) is 5.32 Å². The van der Waals surface area contributed by atoms with Crippen LogP contribution in [0.15, 0.2) is 54.6 Å². The Balaban J connectivity index is 1.91. The number of fused-ring (bicyclic) bond motifs is 1. The van der Waals surface area contributed by atoms with Crippen LogP contribution in [-0.4, -0.2) is 16.8 Å². The SMILES string of the molecule is OC1=C(c2ccc(O)cc2)CNc2sc(Cl)c(-c3ccccc3)c21. The van der Waals surface area contributed by atoms with Crippen molar-refractivity contribution in [2.24, 2.45) is 0 Å². The molecule has 2 heterocycles. The standard InChI is InChI=1S/C19H14ClNO2S/c20-18-15(12-4-2-1-3-5-12)16-17(23)14(10-21-19(16)24-18)11-6-8-13(22)9-7-11/h1-9,21-23H,10H2. The maximum atomic E-state index is 10.9. The molecule has 1 aliphatic heterocycles. The summed E-state index contributed by atoms with van der Waals surface area (Å²) in [6.07, 6.45) is 0. The van der Waals surface area contributed by atoms with Crippen LogP contribution in [0.5, 0.6) is 5.75 Å². The fraction of sp³-hybridized carbons (Fsp3) is 0.0526. The highest BCUT2D eigenvalue weighted by atomic mass is 35.5. The third-order valence-corrected chi connectivity index (χ3v) is 5.45. The van der Waals surface area contributed by atoms with E-state index in [1.807, 2.05) is 30.3 Å². The quantitative estimate of drug-likeness (QED) is 0.558. The first-order valence-electron chi connectivity index (χ1n) is 7.48. The lowest BCUT2D eigenvalue weighted by Gasteiger charge is -2.20. The molecule has 120 valence electrons. The molecule has 3 aromatic rings. The molecule has 0 amide bonds. The van der Waals surface area contributed by atoms with Gasteiger partial charge in [0.05, 0.1) is 5.56 Å². The molecule has 0 fully saturated rings. The number of phenolic OH excluding ortho intramolecular Hbond substituents is 1. The van der Waals surface area contributed by atoms with E-state index in [1.165, 1.54) is 11.3 Å². The van der Waals surface area contributed by atoms with Crippen LogP contribution in [0.1, 0.15) is 11.1 Å². The number of nitrogens with one attached hydrogen (secondary N) is 1. The number of aliphatic hydroxyl groups is 1. The molecular formula is C19H14ClNO2S. The van der Waals surface area contributed by atoms with E-state index < -0.39 is 0 Å². The molecule has 5 heteroatoms. The summed E-state index contributed by atoms with van der Waals surface area (Å²) < 4.78 is 0.650. The molecule has 1 aliphatic rings. The lowest BCUT2D eigenvalue weighted by Crippen LogP contribution is -2.12. The largest absolute Gasteiger partial charge is 0.508 e. The molecule has 0 spiro atoms. The first-order chi connectivity index (χ1) is 11.6. The molecule has 0 radical (unpaired) electrons. The maximum Gasteiger partial charge on any atom is 0.132 e. The number of hydrogen-bond donors (Lipinski definition) is 3. The molecule has 0 saturated heterocycles. The first-order valence-corrected chi connectivity index (χ1v) is 8.68. The van der Waals surface area contributed by atoms with Crippen LogP contribution in [0, 0.1) is 0 Å². The molecular weight excluding hydrogens is 342 g/mol. The average Bonchev–Trinajstić information content (AvgIpc) is 2.94. The van der Waals surface area contributed by atoms with Gasteiger partial charge in [-0.15, -0.1) is 11.3 Å². The summed E-state index contributed by atoms with van der Waals surface area (Å²) in [6.45, 7) is 0.509. The smallest absolute Gasteiger partial charge is 0.132 e. The summed E-state index contributed by atoms with van der Waals surface area (Å²) in [4.78, 5) is 0. The predicted molar refractivity (Wildman–Crippen MR) is 101 cm³/mol. The highest BCUT2D eigenvalue weighted by molar-refractivity contribution is 7.21. The molecule has 24 heavy (non-hydrogen) atoms. The molecule has 3 N–H and O–H groups in total. The number of halogens is 1. The molecule has 0 saturated carbocycles. The van der Waals surface area contributed by atoms with Gasteiger partial charge >= 0.3 is 0 Å². The van der Waals surface area contributed by atoms with E-state index in [0.29, 0.717) is 10.9 Å². The van der Waals surface area contributed by atoms with Crippen LogP contribution in [0.25, 0.3) is 22.5 Å². The Morgan fingerprint density at radius 2 is 1.58 bits per heavy atom. The van der Waals surface area contributed by atoms with Crippen molar-refractivity contribution in [3.05, 3.63) is 70.1 Å². The van der Waals surface area contributed by atoms with E-state index >= 15 is 0 Å². The van der Waals surface area contributed by atoms with Crippen molar-refractivity contribution < 1.29 is 10.2 Å². The first kappa shape index (κ1) is 15.1. The lowest BCUT2D eigenvalue weighted by molar-refractivity contribution is 0.475.